The standard InChI is InChI=1S/C16H22N2O/c1-5-19-16-8-6-7-15(10-16)17-11-14-9-12(2)18(4)13(14)3/h6-10,17H,5,11H2,1-4H3. The molecule has 2 aromatic rings. The van der Waals surface area contributed by atoms with E-state index in [1.807, 2.05) is 25.1 Å². The summed E-state index contributed by atoms with van der Waals surface area (Å²) in [5.74, 6) is 0.911. The summed E-state index contributed by atoms with van der Waals surface area (Å²) in [6.45, 7) is 7.81. The fourth-order valence-corrected chi connectivity index (χ4v) is 2.17. The van der Waals surface area contributed by atoms with E-state index in [2.05, 4.69) is 42.9 Å². The van der Waals surface area contributed by atoms with Gasteiger partial charge < -0.3 is 14.6 Å². The van der Waals surface area contributed by atoms with Crippen LogP contribution in [0.5, 0.6) is 5.75 Å². The minimum absolute atomic E-state index is 0.695. The molecule has 0 spiro atoms. The van der Waals surface area contributed by atoms with Crippen LogP contribution in [-0.4, -0.2) is 11.2 Å². The molecule has 3 nitrogen and oxygen atoms in total. The topological polar surface area (TPSA) is 26.2 Å². The summed E-state index contributed by atoms with van der Waals surface area (Å²) < 4.78 is 7.72. The summed E-state index contributed by atoms with van der Waals surface area (Å²) in [6.07, 6.45) is 0. The third-order valence-electron chi connectivity index (χ3n) is 3.51. The highest BCUT2D eigenvalue weighted by Gasteiger charge is 2.05. The Labute approximate surface area is 115 Å². The van der Waals surface area contributed by atoms with E-state index in [1.165, 1.54) is 17.0 Å². The molecule has 0 unspecified atom stereocenters. The van der Waals surface area contributed by atoms with Gasteiger partial charge in [0.1, 0.15) is 5.75 Å². The number of aromatic nitrogens is 1. The van der Waals surface area contributed by atoms with Crippen LogP contribution < -0.4 is 10.1 Å². The average molecular weight is 258 g/mol. The number of hydrogen-bond acceptors (Lipinski definition) is 2. The first-order valence-electron chi connectivity index (χ1n) is 6.70. The van der Waals surface area contributed by atoms with E-state index < -0.39 is 0 Å². The first kappa shape index (κ1) is 13.5. The second kappa shape index (κ2) is 5.83. The number of hydrogen-bond donors (Lipinski definition) is 1. The molecule has 0 bridgehead atoms. The summed E-state index contributed by atoms with van der Waals surface area (Å²) >= 11 is 0. The fourth-order valence-electron chi connectivity index (χ4n) is 2.17. The zero-order chi connectivity index (χ0) is 13.8. The number of ether oxygens (including phenoxy) is 1. The monoisotopic (exact) mass is 258 g/mol. The third-order valence-corrected chi connectivity index (χ3v) is 3.51. The Morgan fingerprint density at radius 1 is 1.21 bits per heavy atom. The van der Waals surface area contributed by atoms with Gasteiger partial charge in [0.05, 0.1) is 6.61 Å². The highest BCUT2D eigenvalue weighted by Crippen LogP contribution is 2.19. The number of aryl methyl sites for hydroxylation is 1. The molecule has 102 valence electrons. The predicted molar refractivity (Wildman–Crippen MR) is 79.8 cm³/mol. The summed E-state index contributed by atoms with van der Waals surface area (Å²) in [5.41, 5.74) is 5.02. The van der Waals surface area contributed by atoms with E-state index in [4.69, 9.17) is 4.74 Å². The quantitative estimate of drug-likeness (QED) is 0.886. The van der Waals surface area contributed by atoms with Gasteiger partial charge in [0, 0.05) is 36.7 Å². The largest absolute Gasteiger partial charge is 0.494 e. The number of nitrogens with zero attached hydrogens (tertiary/aromatic N) is 1. The Morgan fingerprint density at radius 3 is 2.63 bits per heavy atom. The molecule has 1 aromatic carbocycles. The third kappa shape index (κ3) is 3.11. The van der Waals surface area contributed by atoms with Gasteiger partial charge >= 0.3 is 0 Å². The Morgan fingerprint density at radius 2 is 2.00 bits per heavy atom. The SMILES string of the molecule is CCOc1cccc(NCc2cc(C)n(C)c2C)c1. The maximum absolute atomic E-state index is 5.50. The van der Waals surface area contributed by atoms with E-state index in [-0.39, 0.29) is 0 Å². The molecular formula is C16H22N2O. The summed E-state index contributed by atoms with van der Waals surface area (Å²) in [7, 11) is 2.10. The first-order valence-corrected chi connectivity index (χ1v) is 6.70. The highest BCUT2D eigenvalue weighted by atomic mass is 16.5. The molecule has 0 saturated carbocycles. The minimum Gasteiger partial charge on any atom is -0.494 e. The second-order valence-electron chi connectivity index (χ2n) is 4.77. The number of benzene rings is 1. The predicted octanol–water partition coefficient (Wildman–Crippen LogP) is 3.65. The number of rotatable bonds is 5. The lowest BCUT2D eigenvalue weighted by atomic mass is 10.2. The van der Waals surface area contributed by atoms with Crippen LogP contribution in [0.3, 0.4) is 0 Å². The second-order valence-corrected chi connectivity index (χ2v) is 4.77. The van der Waals surface area contributed by atoms with Crippen LogP contribution in [0.2, 0.25) is 0 Å². The van der Waals surface area contributed by atoms with Crippen molar-refractivity contribution in [3.8, 4) is 5.75 Å². The lowest BCUT2D eigenvalue weighted by Crippen LogP contribution is -2.01. The maximum Gasteiger partial charge on any atom is 0.121 e. The van der Waals surface area contributed by atoms with Crippen molar-refractivity contribution in [3.63, 3.8) is 0 Å². The molecule has 1 N–H and O–H groups in total. The van der Waals surface area contributed by atoms with Crippen LogP contribution in [0.1, 0.15) is 23.9 Å². The zero-order valence-electron chi connectivity index (χ0n) is 12.2. The maximum atomic E-state index is 5.50. The molecule has 19 heavy (non-hydrogen) atoms. The lowest BCUT2D eigenvalue weighted by Gasteiger charge is -2.09. The van der Waals surface area contributed by atoms with Gasteiger partial charge in [0.15, 0.2) is 0 Å². The molecular weight excluding hydrogens is 236 g/mol. The van der Waals surface area contributed by atoms with Gasteiger partial charge in [-0.1, -0.05) is 6.07 Å². The van der Waals surface area contributed by atoms with Crippen molar-refractivity contribution >= 4 is 5.69 Å². The van der Waals surface area contributed by atoms with Crippen LogP contribution >= 0.6 is 0 Å². The van der Waals surface area contributed by atoms with Crippen LogP contribution in [-0.2, 0) is 13.6 Å². The van der Waals surface area contributed by atoms with Crippen molar-refractivity contribution in [3.05, 3.63) is 47.3 Å². The Bertz CT molecular complexity index is 558. The first-order chi connectivity index (χ1) is 9.11. The van der Waals surface area contributed by atoms with Crippen LogP contribution in [0, 0.1) is 13.8 Å². The molecule has 0 radical (unpaired) electrons. The Hall–Kier alpha value is -1.90. The van der Waals surface area contributed by atoms with E-state index in [1.54, 1.807) is 0 Å². The van der Waals surface area contributed by atoms with Gasteiger partial charge in [0.2, 0.25) is 0 Å². The molecule has 0 aliphatic rings. The van der Waals surface area contributed by atoms with Crippen molar-refractivity contribution in [1.29, 1.82) is 0 Å². The van der Waals surface area contributed by atoms with Gasteiger partial charge in [0.25, 0.3) is 0 Å². The molecule has 0 aliphatic carbocycles. The van der Waals surface area contributed by atoms with Crippen molar-refractivity contribution in [2.24, 2.45) is 7.05 Å². The average Bonchev–Trinajstić information content (AvgIpc) is 2.65. The van der Waals surface area contributed by atoms with Crippen LogP contribution in [0.25, 0.3) is 0 Å². The molecule has 3 heteroatoms. The van der Waals surface area contributed by atoms with Crippen molar-refractivity contribution in [2.75, 3.05) is 11.9 Å². The van der Waals surface area contributed by atoms with Crippen molar-refractivity contribution in [2.45, 2.75) is 27.3 Å². The minimum atomic E-state index is 0.695. The smallest absolute Gasteiger partial charge is 0.121 e. The summed E-state index contributed by atoms with van der Waals surface area (Å²) in [5, 5.41) is 3.45. The highest BCUT2D eigenvalue weighted by molar-refractivity contribution is 5.49. The van der Waals surface area contributed by atoms with Gasteiger partial charge in [-0.15, -0.1) is 0 Å². The van der Waals surface area contributed by atoms with Gasteiger partial charge in [-0.2, -0.15) is 0 Å². The van der Waals surface area contributed by atoms with Gasteiger partial charge in [-0.25, -0.2) is 0 Å². The van der Waals surface area contributed by atoms with Gasteiger partial charge in [-0.3, -0.25) is 0 Å². The van der Waals surface area contributed by atoms with Gasteiger partial charge in [-0.05, 0) is 44.5 Å². The molecule has 2 rings (SSSR count). The Balaban J connectivity index is 2.05. The molecule has 0 amide bonds. The van der Waals surface area contributed by atoms with Crippen LogP contribution in [0.4, 0.5) is 5.69 Å². The number of anilines is 1. The van der Waals surface area contributed by atoms with Crippen LogP contribution in [0.15, 0.2) is 30.3 Å². The summed E-state index contributed by atoms with van der Waals surface area (Å²) in [4.78, 5) is 0. The van der Waals surface area contributed by atoms with Crippen molar-refractivity contribution in [1.82, 2.24) is 4.57 Å². The molecule has 0 saturated heterocycles. The number of nitrogens with one attached hydrogen (secondary N) is 1. The molecule has 0 aliphatic heterocycles. The van der Waals surface area contributed by atoms with E-state index in [0.29, 0.717) is 6.61 Å². The molecule has 1 aromatic heterocycles. The lowest BCUT2D eigenvalue weighted by molar-refractivity contribution is 0.340. The van der Waals surface area contributed by atoms with E-state index in [0.717, 1.165) is 18.0 Å². The summed E-state index contributed by atoms with van der Waals surface area (Å²) in [6, 6.07) is 10.3. The van der Waals surface area contributed by atoms with Crippen molar-refractivity contribution < 1.29 is 4.74 Å². The zero-order valence-corrected chi connectivity index (χ0v) is 12.2. The molecule has 0 fully saturated rings. The van der Waals surface area contributed by atoms with E-state index in [9.17, 15) is 0 Å². The van der Waals surface area contributed by atoms with E-state index >= 15 is 0 Å². The Kier molecular flexibility index (Phi) is 4.15. The molecule has 0 atom stereocenters. The normalized spacial score (nSPS) is 10.5. The molecule has 1 heterocycles. The fraction of sp³-hybridized carbons (Fsp3) is 0.375.